The number of nitrogens with one attached hydrogen (secondary N) is 1. The smallest absolute Gasteiger partial charge is 0.150 e. The van der Waals surface area contributed by atoms with Crippen LogP contribution in [0.15, 0.2) is 0 Å². The molecule has 0 aromatic carbocycles. The Morgan fingerprint density at radius 3 is 2.60 bits per heavy atom. The summed E-state index contributed by atoms with van der Waals surface area (Å²) in [4.78, 5) is 0. The lowest BCUT2D eigenvalue weighted by Gasteiger charge is -2.12. The van der Waals surface area contributed by atoms with Gasteiger partial charge < -0.3 is 10.1 Å². The van der Waals surface area contributed by atoms with Crippen molar-refractivity contribution in [3.8, 4) is 0 Å². The van der Waals surface area contributed by atoms with Crippen molar-refractivity contribution in [2.24, 2.45) is 0 Å². The monoisotopic (exact) mass is 237 g/mol. The quantitative estimate of drug-likeness (QED) is 0.603. The molecule has 0 aromatic heterocycles. The van der Waals surface area contributed by atoms with Crippen molar-refractivity contribution in [1.82, 2.24) is 5.32 Å². The standard InChI is InChI=1S/C10H23NO3S/c1-4-15(12,13)9-5-7-11-10(2)6-8-14-3/h10-11H,4-9H2,1-3H3. The minimum absolute atomic E-state index is 0.242. The summed E-state index contributed by atoms with van der Waals surface area (Å²) >= 11 is 0. The Morgan fingerprint density at radius 2 is 2.07 bits per heavy atom. The second-order valence-electron chi connectivity index (χ2n) is 3.73. The van der Waals surface area contributed by atoms with Gasteiger partial charge in [-0.2, -0.15) is 0 Å². The van der Waals surface area contributed by atoms with E-state index < -0.39 is 9.84 Å². The van der Waals surface area contributed by atoms with Crippen LogP contribution >= 0.6 is 0 Å². The van der Waals surface area contributed by atoms with Crippen LogP contribution in [0, 0.1) is 0 Å². The predicted molar refractivity (Wildman–Crippen MR) is 62.9 cm³/mol. The van der Waals surface area contributed by atoms with Crippen molar-refractivity contribution < 1.29 is 13.2 Å². The summed E-state index contributed by atoms with van der Waals surface area (Å²) in [5, 5.41) is 3.27. The van der Waals surface area contributed by atoms with E-state index in [-0.39, 0.29) is 11.5 Å². The van der Waals surface area contributed by atoms with Gasteiger partial charge in [-0.15, -0.1) is 0 Å². The average molecular weight is 237 g/mol. The van der Waals surface area contributed by atoms with E-state index in [0.29, 0.717) is 12.5 Å². The number of methoxy groups -OCH3 is 1. The highest BCUT2D eigenvalue weighted by Crippen LogP contribution is 1.94. The molecule has 1 N–H and O–H groups in total. The van der Waals surface area contributed by atoms with Crippen molar-refractivity contribution in [1.29, 1.82) is 0 Å². The van der Waals surface area contributed by atoms with Crippen LogP contribution < -0.4 is 5.32 Å². The maximum absolute atomic E-state index is 11.2. The molecule has 0 aromatic rings. The van der Waals surface area contributed by atoms with Crippen LogP contribution in [0.5, 0.6) is 0 Å². The number of ether oxygens (including phenoxy) is 1. The molecule has 0 rings (SSSR count). The summed E-state index contributed by atoms with van der Waals surface area (Å²) in [5.74, 6) is 0.528. The number of hydrogen-bond donors (Lipinski definition) is 1. The van der Waals surface area contributed by atoms with E-state index in [1.807, 2.05) is 0 Å². The third-order valence-corrected chi connectivity index (χ3v) is 4.11. The molecule has 0 amide bonds. The van der Waals surface area contributed by atoms with E-state index in [1.54, 1.807) is 14.0 Å². The molecule has 0 fully saturated rings. The molecule has 0 aliphatic rings. The molecule has 0 heterocycles. The molecule has 0 aliphatic heterocycles. The van der Waals surface area contributed by atoms with Crippen molar-refractivity contribution in [2.45, 2.75) is 32.7 Å². The maximum Gasteiger partial charge on any atom is 0.150 e. The predicted octanol–water partition coefficient (Wildman–Crippen LogP) is 0.826. The molecule has 0 bridgehead atoms. The molecule has 0 saturated carbocycles. The highest BCUT2D eigenvalue weighted by molar-refractivity contribution is 7.91. The molecule has 0 aliphatic carbocycles. The zero-order chi connectivity index (χ0) is 11.7. The second-order valence-corrected chi connectivity index (χ2v) is 6.20. The van der Waals surface area contributed by atoms with Crippen LogP contribution in [-0.4, -0.2) is 46.2 Å². The fraction of sp³-hybridized carbons (Fsp3) is 1.00. The summed E-state index contributed by atoms with van der Waals surface area (Å²) in [6, 6.07) is 0.384. The van der Waals surface area contributed by atoms with Gasteiger partial charge in [0.25, 0.3) is 0 Å². The van der Waals surface area contributed by atoms with Crippen LogP contribution in [0.3, 0.4) is 0 Å². The van der Waals surface area contributed by atoms with Crippen LogP contribution in [0.1, 0.15) is 26.7 Å². The van der Waals surface area contributed by atoms with Gasteiger partial charge in [0.05, 0.1) is 5.75 Å². The molecule has 1 atom stereocenters. The molecule has 15 heavy (non-hydrogen) atoms. The van der Waals surface area contributed by atoms with Gasteiger partial charge in [0.2, 0.25) is 0 Å². The van der Waals surface area contributed by atoms with Crippen LogP contribution in [-0.2, 0) is 14.6 Å². The van der Waals surface area contributed by atoms with Gasteiger partial charge in [-0.05, 0) is 26.3 Å². The Hall–Kier alpha value is -0.130. The summed E-state index contributed by atoms with van der Waals surface area (Å²) in [6.45, 7) is 5.25. The molecular weight excluding hydrogens is 214 g/mol. The highest BCUT2D eigenvalue weighted by Gasteiger charge is 2.07. The fourth-order valence-electron chi connectivity index (χ4n) is 1.18. The van der Waals surface area contributed by atoms with Gasteiger partial charge in [-0.3, -0.25) is 0 Å². The van der Waals surface area contributed by atoms with E-state index in [9.17, 15) is 8.42 Å². The van der Waals surface area contributed by atoms with E-state index >= 15 is 0 Å². The molecule has 1 unspecified atom stereocenters. The molecule has 5 heteroatoms. The topological polar surface area (TPSA) is 55.4 Å². The van der Waals surface area contributed by atoms with Crippen LogP contribution in [0.2, 0.25) is 0 Å². The van der Waals surface area contributed by atoms with Crippen molar-refractivity contribution in [3.05, 3.63) is 0 Å². The second kappa shape index (κ2) is 8.07. The lowest BCUT2D eigenvalue weighted by Crippen LogP contribution is -2.29. The maximum atomic E-state index is 11.2. The van der Waals surface area contributed by atoms with Gasteiger partial charge >= 0.3 is 0 Å². The minimum atomic E-state index is -2.80. The van der Waals surface area contributed by atoms with Crippen molar-refractivity contribution >= 4 is 9.84 Å². The van der Waals surface area contributed by atoms with E-state index in [2.05, 4.69) is 12.2 Å². The van der Waals surface area contributed by atoms with Gasteiger partial charge in [-0.1, -0.05) is 6.92 Å². The first kappa shape index (κ1) is 14.9. The van der Waals surface area contributed by atoms with Crippen LogP contribution in [0.4, 0.5) is 0 Å². The first-order valence-corrected chi connectivity index (χ1v) is 7.26. The summed E-state index contributed by atoms with van der Waals surface area (Å²) in [5.41, 5.74) is 0. The third kappa shape index (κ3) is 8.84. The van der Waals surface area contributed by atoms with Crippen LogP contribution in [0.25, 0.3) is 0 Å². The van der Waals surface area contributed by atoms with Gasteiger partial charge in [0, 0.05) is 25.5 Å². The Labute approximate surface area is 93.3 Å². The molecule has 92 valence electrons. The number of rotatable bonds is 9. The van der Waals surface area contributed by atoms with Gasteiger partial charge in [0.1, 0.15) is 9.84 Å². The molecule has 0 saturated heterocycles. The van der Waals surface area contributed by atoms with E-state index in [4.69, 9.17) is 4.74 Å². The summed E-state index contributed by atoms with van der Waals surface area (Å²) in [7, 11) is -1.12. The Kier molecular flexibility index (Phi) is 8.00. The van der Waals surface area contributed by atoms with Gasteiger partial charge in [0.15, 0.2) is 0 Å². The average Bonchev–Trinajstić information content (AvgIpc) is 2.21. The zero-order valence-corrected chi connectivity index (χ0v) is 10.8. The third-order valence-electron chi connectivity index (χ3n) is 2.32. The first-order valence-electron chi connectivity index (χ1n) is 5.44. The first-order chi connectivity index (χ1) is 7.02. The van der Waals surface area contributed by atoms with E-state index in [0.717, 1.165) is 19.6 Å². The zero-order valence-electron chi connectivity index (χ0n) is 9.95. The highest BCUT2D eigenvalue weighted by atomic mass is 32.2. The largest absolute Gasteiger partial charge is 0.385 e. The molecule has 0 spiro atoms. The lowest BCUT2D eigenvalue weighted by atomic mass is 10.2. The van der Waals surface area contributed by atoms with Crippen molar-refractivity contribution in [3.63, 3.8) is 0 Å². The SMILES string of the molecule is CCS(=O)(=O)CCCNC(C)CCOC. The Balaban J connectivity index is 3.46. The number of hydrogen-bond acceptors (Lipinski definition) is 4. The fourth-order valence-corrected chi connectivity index (χ4v) is 2.05. The van der Waals surface area contributed by atoms with Crippen molar-refractivity contribution in [2.75, 3.05) is 31.8 Å². The molecule has 4 nitrogen and oxygen atoms in total. The summed E-state index contributed by atoms with van der Waals surface area (Å²) < 4.78 is 27.3. The number of sulfone groups is 1. The molecular formula is C10H23NO3S. The Bertz CT molecular complexity index is 239. The van der Waals surface area contributed by atoms with E-state index in [1.165, 1.54) is 0 Å². The normalized spacial score (nSPS) is 14.1. The minimum Gasteiger partial charge on any atom is -0.385 e. The molecule has 0 radical (unpaired) electrons. The Morgan fingerprint density at radius 1 is 1.40 bits per heavy atom. The summed E-state index contributed by atoms with van der Waals surface area (Å²) in [6.07, 6.45) is 1.64. The van der Waals surface area contributed by atoms with Gasteiger partial charge in [-0.25, -0.2) is 8.42 Å². The lowest BCUT2D eigenvalue weighted by molar-refractivity contribution is 0.185.